The molecule has 2 heterocycles. The third kappa shape index (κ3) is 5.56. The van der Waals surface area contributed by atoms with Gasteiger partial charge in [0.2, 0.25) is 5.91 Å². The fourth-order valence-corrected chi connectivity index (χ4v) is 2.60. The van der Waals surface area contributed by atoms with Crippen LogP contribution in [0.5, 0.6) is 5.75 Å². The highest BCUT2D eigenvalue weighted by Gasteiger charge is 2.11. The Bertz CT molecular complexity index is 820. The molecule has 1 fully saturated rings. The molecule has 0 saturated carbocycles. The van der Waals surface area contributed by atoms with E-state index in [1.807, 2.05) is 24.3 Å². The minimum absolute atomic E-state index is 0.00885. The molecule has 0 aliphatic carbocycles. The van der Waals surface area contributed by atoms with Crippen LogP contribution in [0, 0.1) is 11.3 Å². The lowest BCUT2D eigenvalue weighted by atomic mass is 10.2. The summed E-state index contributed by atoms with van der Waals surface area (Å²) < 4.78 is 10.5. The van der Waals surface area contributed by atoms with Gasteiger partial charge in [0.15, 0.2) is 6.61 Å². The monoisotopic (exact) mass is 364 g/mol. The minimum atomic E-state index is -0.258. The molecule has 1 aliphatic rings. The van der Waals surface area contributed by atoms with Gasteiger partial charge in [-0.1, -0.05) is 12.1 Å². The van der Waals surface area contributed by atoms with Gasteiger partial charge in [0.05, 0.1) is 25.1 Å². The number of hydrogen-bond acceptors (Lipinski definition) is 6. The summed E-state index contributed by atoms with van der Waals surface area (Å²) in [4.78, 5) is 18.6. The number of carbonyl (C=O) groups is 1. The lowest BCUT2D eigenvalue weighted by Gasteiger charge is -2.28. The molecule has 1 saturated heterocycles. The van der Waals surface area contributed by atoms with Crippen LogP contribution in [0.3, 0.4) is 0 Å². The first kappa shape index (κ1) is 18.4. The molecule has 7 nitrogen and oxygen atoms in total. The van der Waals surface area contributed by atoms with Crippen LogP contribution in [0.25, 0.3) is 6.08 Å². The van der Waals surface area contributed by atoms with E-state index < -0.39 is 0 Å². The molecular formula is C20H20N4O3. The van der Waals surface area contributed by atoms with Crippen molar-refractivity contribution in [3.63, 3.8) is 0 Å². The second-order valence-electron chi connectivity index (χ2n) is 5.84. The van der Waals surface area contributed by atoms with Crippen LogP contribution in [0.2, 0.25) is 0 Å². The highest BCUT2D eigenvalue weighted by Crippen LogP contribution is 2.17. The highest BCUT2D eigenvalue weighted by atomic mass is 16.5. The minimum Gasteiger partial charge on any atom is -0.479 e. The fourth-order valence-electron chi connectivity index (χ4n) is 2.60. The van der Waals surface area contributed by atoms with Crippen molar-refractivity contribution in [3.8, 4) is 11.8 Å². The SMILES string of the molecule is N#CCOc1ccc(C=CC(=O)Nc2ccc(N3CCOCC3)cn2)cc1. The Kier molecular flexibility index (Phi) is 6.39. The van der Waals surface area contributed by atoms with Gasteiger partial charge < -0.3 is 19.7 Å². The maximum Gasteiger partial charge on any atom is 0.249 e. The zero-order valence-electron chi connectivity index (χ0n) is 14.8. The summed E-state index contributed by atoms with van der Waals surface area (Å²) in [6, 6.07) is 12.8. The van der Waals surface area contributed by atoms with Crippen molar-refractivity contribution in [1.82, 2.24) is 4.98 Å². The summed E-state index contributed by atoms with van der Waals surface area (Å²) in [5.41, 5.74) is 1.87. The lowest BCUT2D eigenvalue weighted by Crippen LogP contribution is -2.36. The molecule has 0 atom stereocenters. The van der Waals surface area contributed by atoms with E-state index in [9.17, 15) is 4.79 Å². The second kappa shape index (κ2) is 9.36. The third-order valence-corrected chi connectivity index (χ3v) is 3.99. The number of amides is 1. The summed E-state index contributed by atoms with van der Waals surface area (Å²) >= 11 is 0. The number of aromatic nitrogens is 1. The number of pyridine rings is 1. The maximum absolute atomic E-state index is 12.1. The zero-order chi connectivity index (χ0) is 18.9. The van der Waals surface area contributed by atoms with Gasteiger partial charge >= 0.3 is 0 Å². The number of carbonyl (C=O) groups excluding carboxylic acids is 1. The Morgan fingerprint density at radius 2 is 2.04 bits per heavy atom. The van der Waals surface area contributed by atoms with Gasteiger partial charge in [-0.15, -0.1) is 0 Å². The van der Waals surface area contributed by atoms with Crippen molar-refractivity contribution >= 4 is 23.5 Å². The summed E-state index contributed by atoms with van der Waals surface area (Å²) in [7, 11) is 0. The van der Waals surface area contributed by atoms with Crippen LogP contribution in [-0.2, 0) is 9.53 Å². The number of rotatable bonds is 6. The second-order valence-corrected chi connectivity index (χ2v) is 5.84. The fraction of sp³-hybridized carbons (Fsp3) is 0.250. The molecule has 138 valence electrons. The standard InChI is InChI=1S/C20H20N4O3/c21-9-12-27-18-5-1-16(2-6-18)3-8-20(25)23-19-7-4-17(15-22-19)24-10-13-26-14-11-24/h1-8,15H,10-14H2,(H,22,23,25). The van der Waals surface area contributed by atoms with E-state index in [1.54, 1.807) is 30.5 Å². The lowest BCUT2D eigenvalue weighted by molar-refractivity contribution is -0.111. The summed E-state index contributed by atoms with van der Waals surface area (Å²) in [6.07, 6.45) is 4.90. The van der Waals surface area contributed by atoms with E-state index in [0.29, 0.717) is 24.8 Å². The van der Waals surface area contributed by atoms with Gasteiger partial charge in [0.1, 0.15) is 17.6 Å². The van der Waals surface area contributed by atoms with E-state index in [-0.39, 0.29) is 12.5 Å². The van der Waals surface area contributed by atoms with Gasteiger partial charge in [0.25, 0.3) is 0 Å². The first-order valence-electron chi connectivity index (χ1n) is 8.62. The average Bonchev–Trinajstić information content (AvgIpc) is 2.73. The molecule has 1 N–H and O–H groups in total. The van der Waals surface area contributed by atoms with Crippen LogP contribution < -0.4 is 15.0 Å². The molecule has 1 amide bonds. The first-order chi connectivity index (χ1) is 13.2. The predicted octanol–water partition coefficient (Wildman–Crippen LogP) is 2.47. The number of nitrogens with one attached hydrogen (secondary N) is 1. The molecule has 7 heteroatoms. The Hall–Kier alpha value is -3.37. The normalized spacial score (nSPS) is 14.0. The number of anilines is 2. The van der Waals surface area contributed by atoms with Crippen LogP contribution in [0.15, 0.2) is 48.7 Å². The molecule has 0 bridgehead atoms. The van der Waals surface area contributed by atoms with Crippen molar-refractivity contribution in [2.75, 3.05) is 43.1 Å². The Balaban J connectivity index is 1.52. The number of morpholine rings is 1. The highest BCUT2D eigenvalue weighted by molar-refractivity contribution is 6.01. The van der Waals surface area contributed by atoms with Gasteiger partial charge in [-0.2, -0.15) is 5.26 Å². The number of ether oxygens (including phenoxy) is 2. The van der Waals surface area contributed by atoms with E-state index >= 15 is 0 Å². The van der Waals surface area contributed by atoms with Gasteiger partial charge in [-0.3, -0.25) is 4.79 Å². The average molecular weight is 364 g/mol. The van der Waals surface area contributed by atoms with Crippen molar-refractivity contribution in [2.45, 2.75) is 0 Å². The Morgan fingerprint density at radius 3 is 2.70 bits per heavy atom. The van der Waals surface area contributed by atoms with Gasteiger partial charge in [-0.05, 0) is 35.9 Å². The predicted molar refractivity (Wildman–Crippen MR) is 102 cm³/mol. The first-order valence-corrected chi connectivity index (χ1v) is 8.62. The molecule has 0 radical (unpaired) electrons. The largest absolute Gasteiger partial charge is 0.479 e. The van der Waals surface area contributed by atoms with Crippen LogP contribution in [0.4, 0.5) is 11.5 Å². The van der Waals surface area contributed by atoms with Gasteiger partial charge in [0, 0.05) is 19.2 Å². The smallest absolute Gasteiger partial charge is 0.249 e. The molecule has 1 aromatic heterocycles. The van der Waals surface area contributed by atoms with Crippen molar-refractivity contribution < 1.29 is 14.3 Å². The molecule has 3 rings (SSSR count). The summed E-state index contributed by atoms with van der Waals surface area (Å²) in [5.74, 6) is 0.857. The van der Waals surface area contributed by atoms with Gasteiger partial charge in [-0.25, -0.2) is 4.98 Å². The Labute approximate surface area is 157 Å². The molecule has 1 aromatic carbocycles. The van der Waals surface area contributed by atoms with E-state index in [4.69, 9.17) is 14.7 Å². The molecule has 0 unspecified atom stereocenters. The van der Waals surface area contributed by atoms with Crippen molar-refractivity contribution in [3.05, 3.63) is 54.2 Å². The van der Waals surface area contributed by atoms with E-state index in [0.717, 1.165) is 24.3 Å². The molecular weight excluding hydrogens is 344 g/mol. The summed E-state index contributed by atoms with van der Waals surface area (Å²) in [5, 5.41) is 11.2. The maximum atomic E-state index is 12.1. The van der Waals surface area contributed by atoms with Crippen LogP contribution in [0.1, 0.15) is 5.56 Å². The number of hydrogen-bond donors (Lipinski definition) is 1. The van der Waals surface area contributed by atoms with Crippen molar-refractivity contribution in [2.24, 2.45) is 0 Å². The molecule has 1 aliphatic heterocycles. The summed E-state index contributed by atoms with van der Waals surface area (Å²) in [6.45, 7) is 3.13. The molecule has 2 aromatic rings. The number of nitriles is 1. The Morgan fingerprint density at radius 1 is 1.26 bits per heavy atom. The molecule has 0 spiro atoms. The van der Waals surface area contributed by atoms with E-state index in [1.165, 1.54) is 6.08 Å². The topological polar surface area (TPSA) is 87.5 Å². The van der Waals surface area contributed by atoms with Crippen LogP contribution >= 0.6 is 0 Å². The van der Waals surface area contributed by atoms with Crippen molar-refractivity contribution in [1.29, 1.82) is 5.26 Å². The number of benzene rings is 1. The third-order valence-electron chi connectivity index (χ3n) is 3.99. The molecule has 27 heavy (non-hydrogen) atoms. The van der Waals surface area contributed by atoms with Crippen LogP contribution in [-0.4, -0.2) is 43.8 Å². The van der Waals surface area contributed by atoms with E-state index in [2.05, 4.69) is 15.2 Å². The number of nitrogens with zero attached hydrogens (tertiary/aromatic N) is 3. The quantitative estimate of drug-likeness (QED) is 0.793. The zero-order valence-corrected chi connectivity index (χ0v) is 14.8.